The Kier molecular flexibility index (Phi) is 5.73. The van der Waals surface area contributed by atoms with Gasteiger partial charge in [0.25, 0.3) is 5.91 Å². The first-order valence-corrected chi connectivity index (χ1v) is 10.9. The second kappa shape index (κ2) is 8.30. The van der Waals surface area contributed by atoms with E-state index >= 15 is 0 Å². The number of hydrogen-bond acceptors (Lipinski definition) is 4. The van der Waals surface area contributed by atoms with Crippen LogP contribution in [0.25, 0.3) is 11.8 Å². The predicted molar refractivity (Wildman–Crippen MR) is 129 cm³/mol. The third kappa shape index (κ3) is 3.78. The van der Waals surface area contributed by atoms with E-state index in [2.05, 4.69) is 10.6 Å². The van der Waals surface area contributed by atoms with Crippen molar-refractivity contribution in [1.29, 1.82) is 0 Å². The van der Waals surface area contributed by atoms with Gasteiger partial charge in [-0.3, -0.25) is 9.69 Å². The summed E-state index contributed by atoms with van der Waals surface area (Å²) in [4.78, 5) is 15.2. The maximum absolute atomic E-state index is 13.1. The Morgan fingerprint density at radius 2 is 1.67 bits per heavy atom. The number of benzene rings is 2. The fraction of sp³-hybridized carbons (Fsp3) is 0.130. The average molecular weight is 455 g/mol. The molecule has 1 aliphatic heterocycles. The van der Waals surface area contributed by atoms with E-state index in [-0.39, 0.29) is 5.91 Å². The predicted octanol–water partition coefficient (Wildman–Crippen LogP) is 6.16. The molecule has 0 atom stereocenters. The molecule has 1 amide bonds. The van der Waals surface area contributed by atoms with E-state index in [1.807, 2.05) is 68.5 Å². The Balaban J connectivity index is 1.67. The van der Waals surface area contributed by atoms with Gasteiger partial charge in [-0.1, -0.05) is 35.6 Å². The lowest BCUT2D eigenvalue weighted by atomic mass is 10.2. The van der Waals surface area contributed by atoms with Crippen LogP contribution in [0.2, 0.25) is 5.02 Å². The lowest BCUT2D eigenvalue weighted by Crippen LogP contribution is -2.27. The first-order valence-electron chi connectivity index (χ1n) is 9.26. The van der Waals surface area contributed by atoms with Gasteiger partial charge in [0.1, 0.15) is 5.75 Å². The molecule has 0 aliphatic carbocycles. The zero-order valence-electron chi connectivity index (χ0n) is 16.7. The molecule has 0 bridgehead atoms. The van der Waals surface area contributed by atoms with Crippen molar-refractivity contribution in [1.82, 2.24) is 4.57 Å². The van der Waals surface area contributed by atoms with E-state index in [0.717, 1.165) is 34.1 Å². The van der Waals surface area contributed by atoms with Crippen molar-refractivity contribution in [3.8, 4) is 11.4 Å². The highest BCUT2D eigenvalue weighted by Gasteiger charge is 2.33. The number of aryl methyl sites for hydroxylation is 1. The maximum Gasteiger partial charge on any atom is 0.270 e. The number of anilines is 1. The van der Waals surface area contributed by atoms with Gasteiger partial charge in [-0.2, -0.15) is 0 Å². The number of halogens is 1. The maximum atomic E-state index is 13.1. The van der Waals surface area contributed by atoms with Crippen LogP contribution in [-0.2, 0) is 4.79 Å². The van der Waals surface area contributed by atoms with Gasteiger partial charge in [0.15, 0.2) is 4.32 Å². The molecule has 0 N–H and O–H groups in total. The Labute approximate surface area is 190 Å². The average Bonchev–Trinajstić information content (AvgIpc) is 3.17. The molecule has 0 spiro atoms. The van der Waals surface area contributed by atoms with Gasteiger partial charge >= 0.3 is 0 Å². The highest BCUT2D eigenvalue weighted by atomic mass is 35.5. The van der Waals surface area contributed by atoms with Gasteiger partial charge in [-0.05, 0) is 80.1 Å². The highest BCUT2D eigenvalue weighted by molar-refractivity contribution is 8.27. The molecule has 1 aliphatic rings. The molecule has 1 aromatic heterocycles. The number of amides is 1. The summed E-state index contributed by atoms with van der Waals surface area (Å²) in [5.74, 6) is 0.612. The van der Waals surface area contributed by atoms with Crippen LogP contribution in [0.1, 0.15) is 17.0 Å². The van der Waals surface area contributed by atoms with E-state index in [4.69, 9.17) is 28.6 Å². The van der Waals surface area contributed by atoms with Crippen molar-refractivity contribution >= 4 is 57.6 Å². The summed E-state index contributed by atoms with van der Waals surface area (Å²) in [6.45, 7) is 4.08. The minimum Gasteiger partial charge on any atom is -0.497 e. The van der Waals surface area contributed by atoms with E-state index in [0.29, 0.717) is 14.2 Å². The summed E-state index contributed by atoms with van der Waals surface area (Å²) < 4.78 is 7.85. The standard InChI is InChI=1S/C23H19ClN2O2S2/c1-14-12-16(15(2)25(14)18-6-4-17(24)5-7-18)13-21-22(27)26(23(29)30-21)19-8-10-20(28-3)11-9-19/h4-13H,1-3H3/b21-13-. The van der Waals surface area contributed by atoms with Crippen molar-refractivity contribution in [2.24, 2.45) is 0 Å². The third-order valence-corrected chi connectivity index (χ3v) is 6.52. The molecule has 2 heterocycles. The van der Waals surface area contributed by atoms with Gasteiger partial charge in [0, 0.05) is 22.1 Å². The van der Waals surface area contributed by atoms with Gasteiger partial charge in [-0.25, -0.2) is 0 Å². The number of thiocarbonyl (C=S) groups is 1. The number of ether oxygens (including phenoxy) is 1. The second-order valence-corrected chi connectivity index (χ2v) is 8.97. The Hall–Kier alpha value is -2.54. The monoisotopic (exact) mass is 454 g/mol. The minimum atomic E-state index is -0.119. The summed E-state index contributed by atoms with van der Waals surface area (Å²) >= 11 is 12.8. The lowest BCUT2D eigenvalue weighted by Gasteiger charge is -2.14. The van der Waals surface area contributed by atoms with Crippen LogP contribution in [0.3, 0.4) is 0 Å². The summed E-state index contributed by atoms with van der Waals surface area (Å²) in [6.07, 6.45) is 1.91. The number of methoxy groups -OCH3 is 1. The van der Waals surface area contributed by atoms with Crippen LogP contribution >= 0.6 is 35.6 Å². The fourth-order valence-corrected chi connectivity index (χ4v) is 4.90. The molecule has 0 unspecified atom stereocenters. The summed E-state index contributed by atoms with van der Waals surface area (Å²) in [7, 11) is 1.61. The molecule has 4 rings (SSSR count). The molecule has 7 heteroatoms. The molecule has 4 nitrogen and oxygen atoms in total. The van der Waals surface area contributed by atoms with Crippen molar-refractivity contribution in [3.63, 3.8) is 0 Å². The second-order valence-electron chi connectivity index (χ2n) is 6.85. The Bertz CT molecular complexity index is 1170. The van der Waals surface area contributed by atoms with E-state index < -0.39 is 0 Å². The van der Waals surface area contributed by atoms with Gasteiger partial charge in [0.2, 0.25) is 0 Å². The van der Waals surface area contributed by atoms with Crippen LogP contribution in [0.5, 0.6) is 5.75 Å². The number of rotatable bonds is 4. The number of nitrogens with zero attached hydrogens (tertiary/aromatic N) is 2. The van der Waals surface area contributed by atoms with Gasteiger partial charge < -0.3 is 9.30 Å². The zero-order chi connectivity index (χ0) is 21.4. The van der Waals surface area contributed by atoms with Crippen molar-refractivity contribution in [2.45, 2.75) is 13.8 Å². The van der Waals surface area contributed by atoms with Crippen LogP contribution < -0.4 is 9.64 Å². The first-order chi connectivity index (χ1) is 14.4. The Morgan fingerprint density at radius 1 is 1.03 bits per heavy atom. The molecule has 1 fully saturated rings. The third-order valence-electron chi connectivity index (χ3n) is 4.97. The van der Waals surface area contributed by atoms with Crippen molar-refractivity contribution in [2.75, 3.05) is 12.0 Å². The van der Waals surface area contributed by atoms with Crippen molar-refractivity contribution < 1.29 is 9.53 Å². The van der Waals surface area contributed by atoms with Crippen LogP contribution in [0.4, 0.5) is 5.69 Å². The zero-order valence-corrected chi connectivity index (χ0v) is 19.1. The van der Waals surface area contributed by atoms with E-state index in [9.17, 15) is 4.79 Å². The normalized spacial score (nSPS) is 15.3. The summed E-state index contributed by atoms with van der Waals surface area (Å²) in [6, 6.07) is 17.1. The smallest absolute Gasteiger partial charge is 0.270 e. The van der Waals surface area contributed by atoms with Crippen LogP contribution in [0, 0.1) is 13.8 Å². The Morgan fingerprint density at radius 3 is 2.30 bits per heavy atom. The van der Waals surface area contributed by atoms with E-state index in [1.54, 1.807) is 12.0 Å². The molecule has 0 radical (unpaired) electrons. The van der Waals surface area contributed by atoms with Crippen molar-refractivity contribution in [3.05, 3.63) is 81.5 Å². The number of thioether (sulfide) groups is 1. The molecular formula is C23H19ClN2O2S2. The molecule has 30 heavy (non-hydrogen) atoms. The topological polar surface area (TPSA) is 34.5 Å². The van der Waals surface area contributed by atoms with Gasteiger partial charge in [-0.15, -0.1) is 0 Å². The van der Waals surface area contributed by atoms with Crippen LogP contribution in [0.15, 0.2) is 59.5 Å². The molecule has 3 aromatic rings. The first kappa shape index (κ1) is 20.7. The largest absolute Gasteiger partial charge is 0.497 e. The SMILES string of the molecule is COc1ccc(N2C(=O)/C(=C/c3cc(C)n(-c4ccc(Cl)cc4)c3C)SC2=S)cc1. The molecule has 152 valence electrons. The fourth-order valence-electron chi connectivity index (χ4n) is 3.48. The number of carbonyl (C=O) groups is 1. The number of hydrogen-bond donors (Lipinski definition) is 0. The molecule has 2 aromatic carbocycles. The minimum absolute atomic E-state index is 0.119. The van der Waals surface area contributed by atoms with E-state index in [1.165, 1.54) is 11.8 Å². The number of carbonyl (C=O) groups excluding carboxylic acids is 1. The lowest BCUT2D eigenvalue weighted by molar-refractivity contribution is -0.113. The highest BCUT2D eigenvalue weighted by Crippen LogP contribution is 2.37. The summed E-state index contributed by atoms with van der Waals surface area (Å²) in [5.41, 5.74) is 4.86. The molecular weight excluding hydrogens is 436 g/mol. The van der Waals surface area contributed by atoms with Gasteiger partial charge in [0.05, 0.1) is 17.7 Å². The number of aromatic nitrogens is 1. The quantitative estimate of drug-likeness (QED) is 0.349. The summed E-state index contributed by atoms with van der Waals surface area (Å²) in [5, 5.41) is 0.698. The molecule has 1 saturated heterocycles. The molecule has 0 saturated carbocycles. The van der Waals surface area contributed by atoms with Crippen LogP contribution in [-0.4, -0.2) is 21.9 Å².